The van der Waals surface area contributed by atoms with Crippen molar-refractivity contribution in [3.8, 4) is 0 Å². The number of benzene rings is 3. The van der Waals surface area contributed by atoms with Gasteiger partial charge in [-0.3, -0.25) is 14.4 Å². The lowest BCUT2D eigenvalue weighted by Gasteiger charge is -2.25. The van der Waals surface area contributed by atoms with Crippen molar-refractivity contribution in [1.82, 2.24) is 5.32 Å². The highest BCUT2D eigenvalue weighted by Gasteiger charge is 2.45. The molecule has 3 aromatic rings. The predicted octanol–water partition coefficient (Wildman–Crippen LogP) is 6.30. The molecule has 0 aliphatic carbocycles. The highest BCUT2D eigenvalue weighted by atomic mass is 19.4. The van der Waals surface area contributed by atoms with Crippen LogP contribution in [0.5, 0.6) is 0 Å². The third kappa shape index (κ3) is 8.13. The Bertz CT molecular complexity index is 1160. The Morgan fingerprint density at radius 1 is 0.737 bits per heavy atom. The standard InChI is InChI=1S/C31H32F3NO3/c1-21(2)25(30(38)31(32,33)34)19-28(36)27(18-22-12-6-3-7-13-22)35-29(37)20-26(23-14-8-4-9-15-23)24-16-10-5-11-17-24/h3-17,21,25-27H,18-20H2,1-2H3,(H,35,37)/t25-,27-/m0/s1. The molecule has 2 atom stereocenters. The smallest absolute Gasteiger partial charge is 0.346 e. The predicted molar refractivity (Wildman–Crippen MR) is 140 cm³/mol. The number of amides is 1. The van der Waals surface area contributed by atoms with Gasteiger partial charge in [0.05, 0.1) is 6.04 Å². The molecule has 3 aromatic carbocycles. The molecule has 0 radical (unpaired) electrons. The van der Waals surface area contributed by atoms with Gasteiger partial charge in [0.15, 0.2) is 5.78 Å². The average molecular weight is 524 g/mol. The minimum atomic E-state index is -5.04. The molecule has 0 heterocycles. The van der Waals surface area contributed by atoms with Crippen molar-refractivity contribution >= 4 is 17.5 Å². The van der Waals surface area contributed by atoms with E-state index in [2.05, 4.69) is 5.32 Å². The topological polar surface area (TPSA) is 63.2 Å². The number of rotatable bonds is 12. The number of ketones is 2. The molecule has 1 N–H and O–H groups in total. The van der Waals surface area contributed by atoms with E-state index in [9.17, 15) is 27.6 Å². The molecular weight excluding hydrogens is 491 g/mol. The van der Waals surface area contributed by atoms with Gasteiger partial charge in [-0.25, -0.2) is 0 Å². The molecule has 0 aromatic heterocycles. The number of halogens is 3. The van der Waals surface area contributed by atoms with E-state index in [1.165, 1.54) is 13.8 Å². The van der Waals surface area contributed by atoms with Gasteiger partial charge in [-0.15, -0.1) is 0 Å². The van der Waals surface area contributed by atoms with E-state index in [1.807, 2.05) is 60.7 Å². The summed E-state index contributed by atoms with van der Waals surface area (Å²) in [5.74, 6) is -5.41. The summed E-state index contributed by atoms with van der Waals surface area (Å²) in [5.41, 5.74) is 2.60. The molecule has 0 bridgehead atoms. The van der Waals surface area contributed by atoms with Crippen LogP contribution in [-0.2, 0) is 20.8 Å². The lowest BCUT2D eigenvalue weighted by Crippen LogP contribution is -2.45. The third-order valence-corrected chi connectivity index (χ3v) is 6.64. The van der Waals surface area contributed by atoms with E-state index >= 15 is 0 Å². The number of Topliss-reactive ketones (excluding diaryl/α,β-unsaturated/α-hetero) is 2. The molecule has 7 heteroatoms. The van der Waals surface area contributed by atoms with Crippen molar-refractivity contribution < 1.29 is 27.6 Å². The maximum Gasteiger partial charge on any atom is 0.450 e. The molecule has 0 saturated heterocycles. The molecule has 1 amide bonds. The van der Waals surface area contributed by atoms with Crippen LogP contribution in [0.1, 0.15) is 49.3 Å². The summed E-state index contributed by atoms with van der Waals surface area (Å²) >= 11 is 0. The number of carbonyl (C=O) groups excluding carboxylic acids is 3. The Labute approximate surface area is 221 Å². The van der Waals surface area contributed by atoms with E-state index in [0.717, 1.165) is 16.7 Å². The Morgan fingerprint density at radius 2 is 1.21 bits per heavy atom. The first-order chi connectivity index (χ1) is 18.1. The fourth-order valence-electron chi connectivity index (χ4n) is 4.53. The third-order valence-electron chi connectivity index (χ3n) is 6.64. The second kappa shape index (κ2) is 13.2. The monoisotopic (exact) mass is 523 g/mol. The van der Waals surface area contributed by atoms with Crippen LogP contribution in [0.4, 0.5) is 13.2 Å². The molecule has 0 unspecified atom stereocenters. The van der Waals surface area contributed by atoms with Gasteiger partial charge < -0.3 is 5.32 Å². The Kier molecular flexibility index (Phi) is 9.99. The van der Waals surface area contributed by atoms with Gasteiger partial charge in [-0.1, -0.05) is 105 Å². The summed E-state index contributed by atoms with van der Waals surface area (Å²) in [4.78, 5) is 38.7. The molecule has 38 heavy (non-hydrogen) atoms. The van der Waals surface area contributed by atoms with Gasteiger partial charge in [0.2, 0.25) is 11.7 Å². The van der Waals surface area contributed by atoms with Crippen LogP contribution < -0.4 is 5.32 Å². The average Bonchev–Trinajstić information content (AvgIpc) is 2.90. The first-order valence-corrected chi connectivity index (χ1v) is 12.6. The largest absolute Gasteiger partial charge is 0.450 e. The first-order valence-electron chi connectivity index (χ1n) is 12.6. The summed E-state index contributed by atoms with van der Waals surface area (Å²) in [6, 6.07) is 26.9. The first kappa shape index (κ1) is 28.8. The SMILES string of the molecule is CC(C)[C@H](CC(=O)[C@H](Cc1ccccc1)NC(=O)CC(c1ccccc1)c1ccccc1)C(=O)C(F)(F)F. The molecule has 0 aliphatic heterocycles. The number of hydrogen-bond acceptors (Lipinski definition) is 3. The Morgan fingerprint density at radius 3 is 1.66 bits per heavy atom. The fraction of sp³-hybridized carbons (Fsp3) is 0.323. The molecule has 0 spiro atoms. The zero-order valence-electron chi connectivity index (χ0n) is 21.4. The van der Waals surface area contributed by atoms with E-state index in [0.29, 0.717) is 0 Å². The van der Waals surface area contributed by atoms with Gasteiger partial charge in [0.1, 0.15) is 0 Å². The molecule has 200 valence electrons. The van der Waals surface area contributed by atoms with E-state index < -0.39 is 47.9 Å². The minimum absolute atomic E-state index is 0.0433. The quantitative estimate of drug-likeness (QED) is 0.303. The summed E-state index contributed by atoms with van der Waals surface area (Å²) in [5, 5.41) is 2.78. The van der Waals surface area contributed by atoms with Crippen molar-refractivity contribution in [3.05, 3.63) is 108 Å². The normalized spacial score (nSPS) is 13.2. The number of carbonyl (C=O) groups is 3. The molecule has 3 rings (SSSR count). The van der Waals surface area contributed by atoms with Gasteiger partial charge in [0, 0.05) is 24.7 Å². The van der Waals surface area contributed by atoms with Crippen molar-refractivity contribution in [2.24, 2.45) is 11.8 Å². The van der Waals surface area contributed by atoms with Crippen LogP contribution in [-0.4, -0.2) is 29.7 Å². The van der Waals surface area contributed by atoms with Crippen molar-refractivity contribution in [2.45, 2.75) is 51.2 Å². The van der Waals surface area contributed by atoms with Crippen molar-refractivity contribution in [3.63, 3.8) is 0 Å². The van der Waals surface area contributed by atoms with Crippen LogP contribution in [0, 0.1) is 11.8 Å². The van der Waals surface area contributed by atoms with Crippen molar-refractivity contribution in [1.29, 1.82) is 0 Å². The van der Waals surface area contributed by atoms with Gasteiger partial charge in [-0.2, -0.15) is 13.2 Å². The van der Waals surface area contributed by atoms with Crippen LogP contribution in [0.2, 0.25) is 0 Å². The van der Waals surface area contributed by atoms with Crippen LogP contribution >= 0.6 is 0 Å². The van der Waals surface area contributed by atoms with Crippen LogP contribution in [0.15, 0.2) is 91.0 Å². The summed E-state index contributed by atoms with van der Waals surface area (Å²) in [6.07, 6.45) is -5.49. The zero-order chi connectivity index (χ0) is 27.7. The van der Waals surface area contributed by atoms with Crippen LogP contribution in [0.3, 0.4) is 0 Å². The van der Waals surface area contributed by atoms with Gasteiger partial charge >= 0.3 is 6.18 Å². The second-order valence-electron chi connectivity index (χ2n) is 9.77. The maximum atomic E-state index is 13.3. The second-order valence-corrected chi connectivity index (χ2v) is 9.77. The zero-order valence-corrected chi connectivity index (χ0v) is 21.4. The van der Waals surface area contributed by atoms with Gasteiger partial charge in [-0.05, 0) is 29.0 Å². The van der Waals surface area contributed by atoms with E-state index in [1.54, 1.807) is 30.3 Å². The minimum Gasteiger partial charge on any atom is -0.346 e. The summed E-state index contributed by atoms with van der Waals surface area (Å²) < 4.78 is 39.6. The lowest BCUT2D eigenvalue weighted by atomic mass is 9.84. The number of hydrogen-bond donors (Lipinski definition) is 1. The lowest BCUT2D eigenvalue weighted by molar-refractivity contribution is -0.177. The fourth-order valence-corrected chi connectivity index (χ4v) is 4.53. The maximum absolute atomic E-state index is 13.3. The molecule has 0 saturated carbocycles. The number of alkyl halides is 3. The van der Waals surface area contributed by atoms with Crippen molar-refractivity contribution in [2.75, 3.05) is 0 Å². The molecular formula is C31H32F3NO3. The van der Waals surface area contributed by atoms with Gasteiger partial charge in [0.25, 0.3) is 0 Å². The van der Waals surface area contributed by atoms with E-state index in [4.69, 9.17) is 0 Å². The highest BCUT2D eigenvalue weighted by molar-refractivity contribution is 5.95. The summed E-state index contributed by atoms with van der Waals surface area (Å²) in [7, 11) is 0. The summed E-state index contributed by atoms with van der Waals surface area (Å²) in [6.45, 7) is 2.97. The number of nitrogens with one attached hydrogen (secondary N) is 1. The Hall–Kier alpha value is -3.74. The highest BCUT2D eigenvalue weighted by Crippen LogP contribution is 2.30. The molecule has 0 fully saturated rings. The van der Waals surface area contributed by atoms with E-state index in [-0.39, 0.29) is 18.8 Å². The molecule has 4 nitrogen and oxygen atoms in total. The molecule has 0 aliphatic rings. The Balaban J connectivity index is 1.84. The van der Waals surface area contributed by atoms with Crippen LogP contribution in [0.25, 0.3) is 0 Å².